The van der Waals surface area contributed by atoms with Crippen molar-refractivity contribution in [2.24, 2.45) is 5.73 Å². The molecule has 2 rings (SSSR count). The normalized spacial score (nSPS) is 12.7. The molecule has 2 aromatic rings. The predicted molar refractivity (Wildman–Crippen MR) is 78.7 cm³/mol. The van der Waals surface area contributed by atoms with Crippen LogP contribution in [-0.4, -0.2) is 11.0 Å². The van der Waals surface area contributed by atoms with Gasteiger partial charge in [0.15, 0.2) is 0 Å². The maximum atomic E-state index is 6.13. The summed E-state index contributed by atoms with van der Waals surface area (Å²) in [5.41, 5.74) is 8.16. The van der Waals surface area contributed by atoms with Crippen molar-refractivity contribution in [2.45, 2.75) is 25.8 Å². The summed E-state index contributed by atoms with van der Waals surface area (Å²) in [6, 6.07) is 5.46. The molecule has 1 aromatic carbocycles. The lowest BCUT2D eigenvalue weighted by atomic mass is 10.0. The van der Waals surface area contributed by atoms with Gasteiger partial charge in [-0.1, -0.05) is 23.2 Å². The minimum Gasteiger partial charge on any atom is -0.327 e. The van der Waals surface area contributed by atoms with E-state index in [2.05, 4.69) is 10.4 Å². The SMILES string of the molecule is Cc1nc(CC(N)Cc2cc(Cl)ccc2Cl)cs1. The summed E-state index contributed by atoms with van der Waals surface area (Å²) in [5.74, 6) is 0. The van der Waals surface area contributed by atoms with Gasteiger partial charge >= 0.3 is 0 Å². The number of aryl methyl sites for hydroxylation is 1. The van der Waals surface area contributed by atoms with Crippen LogP contribution in [0.4, 0.5) is 0 Å². The molecule has 96 valence electrons. The Balaban J connectivity index is 2.02. The zero-order valence-corrected chi connectivity index (χ0v) is 12.3. The fraction of sp³-hybridized carbons (Fsp3) is 0.308. The summed E-state index contributed by atoms with van der Waals surface area (Å²) < 4.78 is 0. The average Bonchev–Trinajstić information content (AvgIpc) is 2.69. The molecule has 0 saturated heterocycles. The van der Waals surface area contributed by atoms with Gasteiger partial charge in [-0.15, -0.1) is 11.3 Å². The number of nitrogens with zero attached hydrogens (tertiary/aromatic N) is 1. The lowest BCUT2D eigenvalue weighted by Gasteiger charge is -2.11. The topological polar surface area (TPSA) is 38.9 Å². The monoisotopic (exact) mass is 300 g/mol. The first-order valence-corrected chi connectivity index (χ1v) is 7.28. The number of rotatable bonds is 4. The first kappa shape index (κ1) is 13.8. The highest BCUT2D eigenvalue weighted by molar-refractivity contribution is 7.09. The standard InChI is InChI=1S/C13H14Cl2N2S/c1-8-17-12(7-18-8)6-11(16)5-9-4-10(14)2-3-13(9)15/h2-4,7,11H,5-6,16H2,1H3. The molecule has 2 nitrogen and oxygen atoms in total. The van der Waals surface area contributed by atoms with Crippen molar-refractivity contribution in [1.82, 2.24) is 4.98 Å². The Kier molecular flexibility index (Phi) is 4.62. The van der Waals surface area contributed by atoms with Crippen LogP contribution in [0.5, 0.6) is 0 Å². The smallest absolute Gasteiger partial charge is 0.0897 e. The van der Waals surface area contributed by atoms with Gasteiger partial charge in [-0.05, 0) is 37.1 Å². The summed E-state index contributed by atoms with van der Waals surface area (Å²) in [6.07, 6.45) is 1.46. The van der Waals surface area contributed by atoms with Crippen molar-refractivity contribution >= 4 is 34.5 Å². The van der Waals surface area contributed by atoms with E-state index in [-0.39, 0.29) is 6.04 Å². The van der Waals surface area contributed by atoms with Crippen LogP contribution in [-0.2, 0) is 12.8 Å². The van der Waals surface area contributed by atoms with Gasteiger partial charge in [0.1, 0.15) is 0 Å². The van der Waals surface area contributed by atoms with Crippen LogP contribution in [0.15, 0.2) is 23.6 Å². The molecular formula is C13H14Cl2N2S. The molecule has 0 bridgehead atoms. The molecule has 0 radical (unpaired) electrons. The molecule has 0 spiro atoms. The van der Waals surface area contributed by atoms with Crippen molar-refractivity contribution in [3.05, 3.63) is 49.9 Å². The number of aromatic nitrogens is 1. The molecule has 0 aliphatic carbocycles. The van der Waals surface area contributed by atoms with E-state index in [9.17, 15) is 0 Å². The Morgan fingerprint density at radius 3 is 2.78 bits per heavy atom. The maximum Gasteiger partial charge on any atom is 0.0897 e. The zero-order valence-electron chi connectivity index (χ0n) is 9.99. The Hall–Kier alpha value is -0.610. The summed E-state index contributed by atoms with van der Waals surface area (Å²) >= 11 is 13.7. The molecule has 1 aromatic heterocycles. The Bertz CT molecular complexity index is 540. The molecule has 0 aliphatic heterocycles. The molecule has 2 N–H and O–H groups in total. The first-order valence-electron chi connectivity index (χ1n) is 5.65. The number of hydrogen-bond donors (Lipinski definition) is 1. The molecule has 5 heteroatoms. The van der Waals surface area contributed by atoms with E-state index in [4.69, 9.17) is 28.9 Å². The number of halogens is 2. The highest BCUT2D eigenvalue weighted by Crippen LogP contribution is 2.22. The fourth-order valence-electron chi connectivity index (χ4n) is 1.82. The van der Waals surface area contributed by atoms with Gasteiger partial charge in [0.2, 0.25) is 0 Å². The highest BCUT2D eigenvalue weighted by atomic mass is 35.5. The summed E-state index contributed by atoms with van der Waals surface area (Å²) in [6.45, 7) is 1.99. The van der Waals surface area contributed by atoms with Crippen LogP contribution in [0.25, 0.3) is 0 Å². The summed E-state index contributed by atoms with van der Waals surface area (Å²) in [5, 5.41) is 4.52. The van der Waals surface area contributed by atoms with Crippen LogP contribution in [0, 0.1) is 6.92 Å². The third-order valence-corrected chi connectivity index (χ3v) is 4.05. The molecule has 1 atom stereocenters. The fourth-order valence-corrected chi connectivity index (χ4v) is 2.84. The first-order chi connectivity index (χ1) is 8.54. The molecule has 0 aliphatic rings. The largest absolute Gasteiger partial charge is 0.327 e. The second-order valence-corrected chi connectivity index (χ2v) is 6.17. The lowest BCUT2D eigenvalue weighted by molar-refractivity contribution is 0.656. The summed E-state index contributed by atoms with van der Waals surface area (Å²) in [7, 11) is 0. The third-order valence-electron chi connectivity index (χ3n) is 2.63. The van der Waals surface area contributed by atoms with Crippen LogP contribution >= 0.6 is 34.5 Å². The number of hydrogen-bond acceptors (Lipinski definition) is 3. The molecule has 1 unspecified atom stereocenters. The van der Waals surface area contributed by atoms with E-state index in [1.54, 1.807) is 23.5 Å². The quantitative estimate of drug-likeness (QED) is 0.931. The van der Waals surface area contributed by atoms with Crippen molar-refractivity contribution in [2.75, 3.05) is 0 Å². The van der Waals surface area contributed by atoms with Gasteiger partial charge in [0.25, 0.3) is 0 Å². The Labute approximate surface area is 121 Å². The lowest BCUT2D eigenvalue weighted by Crippen LogP contribution is -2.25. The number of benzene rings is 1. The van der Waals surface area contributed by atoms with Crippen LogP contribution in [0.2, 0.25) is 10.0 Å². The van der Waals surface area contributed by atoms with E-state index in [0.717, 1.165) is 22.7 Å². The molecule has 1 heterocycles. The highest BCUT2D eigenvalue weighted by Gasteiger charge is 2.10. The third kappa shape index (κ3) is 3.69. The van der Waals surface area contributed by atoms with Crippen molar-refractivity contribution in [1.29, 1.82) is 0 Å². The minimum absolute atomic E-state index is 0.00228. The second kappa shape index (κ2) is 6.02. The Morgan fingerprint density at radius 2 is 2.11 bits per heavy atom. The average molecular weight is 301 g/mol. The van der Waals surface area contributed by atoms with Crippen LogP contribution < -0.4 is 5.73 Å². The maximum absolute atomic E-state index is 6.13. The second-order valence-electron chi connectivity index (χ2n) is 4.26. The van der Waals surface area contributed by atoms with Gasteiger partial charge in [0, 0.05) is 27.9 Å². The van der Waals surface area contributed by atoms with Crippen LogP contribution in [0.1, 0.15) is 16.3 Å². The molecular weight excluding hydrogens is 287 g/mol. The van der Waals surface area contributed by atoms with Crippen molar-refractivity contribution < 1.29 is 0 Å². The van der Waals surface area contributed by atoms with E-state index in [1.165, 1.54) is 0 Å². The van der Waals surface area contributed by atoms with Gasteiger partial charge in [0.05, 0.1) is 10.7 Å². The van der Waals surface area contributed by atoms with E-state index >= 15 is 0 Å². The van der Waals surface area contributed by atoms with Crippen LogP contribution in [0.3, 0.4) is 0 Å². The number of thiazole rings is 1. The molecule has 18 heavy (non-hydrogen) atoms. The van der Waals surface area contributed by atoms with E-state index in [1.807, 2.05) is 13.0 Å². The van der Waals surface area contributed by atoms with Crippen molar-refractivity contribution in [3.8, 4) is 0 Å². The van der Waals surface area contributed by atoms with E-state index in [0.29, 0.717) is 16.5 Å². The van der Waals surface area contributed by atoms with Gasteiger partial charge in [-0.3, -0.25) is 0 Å². The molecule has 0 fully saturated rings. The van der Waals surface area contributed by atoms with Gasteiger partial charge in [-0.2, -0.15) is 0 Å². The summed E-state index contributed by atoms with van der Waals surface area (Å²) in [4.78, 5) is 4.41. The van der Waals surface area contributed by atoms with Gasteiger partial charge in [-0.25, -0.2) is 4.98 Å². The predicted octanol–water partition coefficient (Wildman–Crippen LogP) is 3.87. The Morgan fingerprint density at radius 1 is 1.33 bits per heavy atom. The van der Waals surface area contributed by atoms with Crippen molar-refractivity contribution in [3.63, 3.8) is 0 Å². The van der Waals surface area contributed by atoms with E-state index < -0.39 is 0 Å². The zero-order chi connectivity index (χ0) is 13.1. The molecule has 0 saturated carbocycles. The molecule has 0 amide bonds. The minimum atomic E-state index is 0.00228. The van der Waals surface area contributed by atoms with Gasteiger partial charge < -0.3 is 5.73 Å². The number of nitrogens with two attached hydrogens (primary N) is 1.